The summed E-state index contributed by atoms with van der Waals surface area (Å²) < 4.78 is 28.5. The lowest BCUT2D eigenvalue weighted by atomic mass is 10.2. The quantitative estimate of drug-likeness (QED) is 0.526. The smallest absolute Gasteiger partial charge is 0.264 e. The normalized spacial score (nSPS) is 12.8. The van der Waals surface area contributed by atoms with E-state index in [-0.39, 0.29) is 17.0 Å². The van der Waals surface area contributed by atoms with Crippen LogP contribution in [-0.2, 0) is 21.2 Å². The van der Waals surface area contributed by atoms with Gasteiger partial charge >= 0.3 is 0 Å². The summed E-state index contributed by atoms with van der Waals surface area (Å²) in [6.45, 7) is 0.101. The Labute approximate surface area is 194 Å². The van der Waals surface area contributed by atoms with Gasteiger partial charge in [-0.15, -0.1) is 0 Å². The Morgan fingerprint density at radius 1 is 0.969 bits per heavy atom. The van der Waals surface area contributed by atoms with Gasteiger partial charge in [0, 0.05) is 16.6 Å². The molecule has 164 valence electrons. The van der Waals surface area contributed by atoms with Crippen LogP contribution in [-0.4, -0.2) is 33.3 Å². The van der Waals surface area contributed by atoms with Crippen molar-refractivity contribution in [3.8, 4) is 0 Å². The zero-order valence-electron chi connectivity index (χ0n) is 16.9. The molecule has 0 bridgehead atoms. The van der Waals surface area contributed by atoms with Crippen LogP contribution >= 0.6 is 15.9 Å². The fourth-order valence-corrected chi connectivity index (χ4v) is 5.44. The van der Waals surface area contributed by atoms with Gasteiger partial charge in [-0.05, 0) is 64.3 Å². The molecule has 0 saturated carbocycles. The number of fused-ring (bicyclic) bond motifs is 1. The van der Waals surface area contributed by atoms with Gasteiger partial charge in [-0.25, -0.2) is 8.42 Å². The van der Waals surface area contributed by atoms with Crippen LogP contribution in [0.15, 0.2) is 82.2 Å². The maximum atomic E-state index is 13.2. The van der Waals surface area contributed by atoms with Crippen molar-refractivity contribution < 1.29 is 18.0 Å². The number of nitrogens with zero attached hydrogens (tertiary/aromatic N) is 1. The van der Waals surface area contributed by atoms with Crippen molar-refractivity contribution in [3.05, 3.63) is 88.4 Å². The number of anilines is 2. The molecule has 0 atom stereocenters. The van der Waals surface area contributed by atoms with Crippen molar-refractivity contribution in [1.82, 2.24) is 5.32 Å². The van der Waals surface area contributed by atoms with Gasteiger partial charge < -0.3 is 10.6 Å². The second kappa shape index (κ2) is 9.13. The van der Waals surface area contributed by atoms with Crippen molar-refractivity contribution in [2.75, 3.05) is 22.7 Å². The molecule has 3 aromatic carbocycles. The first-order valence-electron chi connectivity index (χ1n) is 9.89. The Balaban J connectivity index is 1.45. The number of rotatable bonds is 6. The number of benzene rings is 3. The predicted molar refractivity (Wildman–Crippen MR) is 126 cm³/mol. The summed E-state index contributed by atoms with van der Waals surface area (Å²) >= 11 is 3.34. The number of hydrogen-bond donors (Lipinski definition) is 2. The molecule has 32 heavy (non-hydrogen) atoms. The number of para-hydroxylation sites is 2. The van der Waals surface area contributed by atoms with Gasteiger partial charge in [0.1, 0.15) is 0 Å². The van der Waals surface area contributed by atoms with Gasteiger partial charge in [-0.3, -0.25) is 13.9 Å². The third-order valence-electron chi connectivity index (χ3n) is 5.09. The monoisotopic (exact) mass is 513 g/mol. The molecule has 1 heterocycles. The van der Waals surface area contributed by atoms with Crippen LogP contribution in [0.2, 0.25) is 0 Å². The van der Waals surface area contributed by atoms with E-state index in [1.54, 1.807) is 30.3 Å². The van der Waals surface area contributed by atoms with Gasteiger partial charge in [0.25, 0.3) is 15.9 Å². The van der Waals surface area contributed by atoms with Crippen LogP contribution in [0, 0.1) is 0 Å². The van der Waals surface area contributed by atoms with Crippen molar-refractivity contribution in [2.45, 2.75) is 11.3 Å². The summed E-state index contributed by atoms with van der Waals surface area (Å²) in [5, 5.41) is 5.22. The van der Waals surface area contributed by atoms with E-state index in [0.29, 0.717) is 24.3 Å². The zero-order chi connectivity index (χ0) is 22.7. The van der Waals surface area contributed by atoms with E-state index in [0.717, 1.165) is 10.0 Å². The topological polar surface area (TPSA) is 95.6 Å². The highest BCUT2D eigenvalue weighted by atomic mass is 79.9. The molecule has 0 fully saturated rings. The van der Waals surface area contributed by atoms with Crippen molar-refractivity contribution >= 4 is 49.1 Å². The third kappa shape index (κ3) is 4.53. The molecule has 0 aromatic heterocycles. The zero-order valence-corrected chi connectivity index (χ0v) is 19.3. The second-order valence-corrected chi connectivity index (χ2v) is 9.91. The fraction of sp³-hybridized carbons (Fsp3) is 0.130. The van der Waals surface area contributed by atoms with Crippen LogP contribution in [0.4, 0.5) is 11.4 Å². The van der Waals surface area contributed by atoms with Gasteiger partial charge in [0.05, 0.1) is 22.8 Å². The maximum absolute atomic E-state index is 13.2. The maximum Gasteiger partial charge on any atom is 0.264 e. The van der Waals surface area contributed by atoms with E-state index in [1.807, 2.05) is 18.2 Å². The average molecular weight is 514 g/mol. The molecular formula is C23H20BrN3O4S. The molecule has 0 unspecified atom stereocenters. The molecule has 9 heteroatoms. The minimum atomic E-state index is -3.82. The van der Waals surface area contributed by atoms with E-state index in [1.165, 1.54) is 28.6 Å². The molecule has 0 spiro atoms. The summed E-state index contributed by atoms with van der Waals surface area (Å²) in [6, 6.07) is 20.3. The molecule has 0 radical (unpaired) electrons. The van der Waals surface area contributed by atoms with E-state index in [2.05, 4.69) is 26.6 Å². The molecule has 2 amide bonds. The number of amides is 2. The SMILES string of the molecule is O=C(CNC(=O)c1cccc(S(=O)(=O)N2CCc3ccccc32)c1)Nc1ccccc1Br. The summed E-state index contributed by atoms with van der Waals surface area (Å²) in [5.41, 5.74) is 2.38. The van der Waals surface area contributed by atoms with E-state index >= 15 is 0 Å². The Hall–Kier alpha value is -3.17. The van der Waals surface area contributed by atoms with E-state index in [9.17, 15) is 18.0 Å². The Morgan fingerprint density at radius 2 is 1.72 bits per heavy atom. The first kappa shape index (κ1) is 22.0. The molecule has 2 N–H and O–H groups in total. The van der Waals surface area contributed by atoms with E-state index < -0.39 is 21.8 Å². The summed E-state index contributed by atoms with van der Waals surface area (Å²) in [5.74, 6) is -0.936. The van der Waals surface area contributed by atoms with Crippen LogP contribution < -0.4 is 14.9 Å². The molecule has 3 aromatic rings. The van der Waals surface area contributed by atoms with E-state index in [4.69, 9.17) is 0 Å². The minimum Gasteiger partial charge on any atom is -0.343 e. The second-order valence-electron chi connectivity index (χ2n) is 7.19. The number of sulfonamides is 1. The molecule has 0 saturated heterocycles. The molecule has 4 rings (SSSR count). The van der Waals surface area contributed by atoms with Crippen molar-refractivity contribution in [2.24, 2.45) is 0 Å². The Bertz CT molecular complexity index is 1290. The lowest BCUT2D eigenvalue weighted by Gasteiger charge is -2.20. The number of carbonyl (C=O) groups excluding carboxylic acids is 2. The minimum absolute atomic E-state index is 0.0273. The third-order valence-corrected chi connectivity index (χ3v) is 7.59. The molecular weight excluding hydrogens is 494 g/mol. The Kier molecular flexibility index (Phi) is 6.29. The lowest BCUT2D eigenvalue weighted by Crippen LogP contribution is -2.33. The summed E-state index contributed by atoms with van der Waals surface area (Å²) in [6.07, 6.45) is 0.641. The number of hydrogen-bond acceptors (Lipinski definition) is 4. The van der Waals surface area contributed by atoms with Gasteiger partial charge in [0.15, 0.2) is 0 Å². The molecule has 1 aliphatic heterocycles. The van der Waals surface area contributed by atoms with Crippen LogP contribution in [0.5, 0.6) is 0 Å². The average Bonchev–Trinajstić information content (AvgIpc) is 3.24. The highest BCUT2D eigenvalue weighted by Gasteiger charge is 2.30. The first-order chi connectivity index (χ1) is 15.4. The highest BCUT2D eigenvalue weighted by molar-refractivity contribution is 9.10. The van der Waals surface area contributed by atoms with Crippen LogP contribution in [0.1, 0.15) is 15.9 Å². The molecule has 7 nitrogen and oxygen atoms in total. The predicted octanol–water partition coefficient (Wildman–Crippen LogP) is 3.57. The number of halogens is 1. The Morgan fingerprint density at radius 3 is 2.53 bits per heavy atom. The largest absolute Gasteiger partial charge is 0.343 e. The lowest BCUT2D eigenvalue weighted by molar-refractivity contribution is -0.115. The van der Waals surface area contributed by atoms with Crippen LogP contribution in [0.25, 0.3) is 0 Å². The fourth-order valence-electron chi connectivity index (χ4n) is 3.50. The van der Waals surface area contributed by atoms with Gasteiger partial charge in [0.2, 0.25) is 5.91 Å². The van der Waals surface area contributed by atoms with Gasteiger partial charge in [-0.2, -0.15) is 0 Å². The summed E-state index contributed by atoms with van der Waals surface area (Å²) in [7, 11) is -3.82. The standard InChI is InChI=1S/C23H20BrN3O4S/c24-19-9-2-3-10-20(19)26-22(28)15-25-23(29)17-7-5-8-18(14-17)32(30,31)27-13-12-16-6-1-4-11-21(16)27/h1-11,14H,12-13,15H2,(H,25,29)(H,26,28). The van der Waals surface area contributed by atoms with Gasteiger partial charge in [-0.1, -0.05) is 36.4 Å². The first-order valence-corrected chi connectivity index (χ1v) is 12.1. The molecule has 1 aliphatic rings. The summed E-state index contributed by atoms with van der Waals surface area (Å²) in [4.78, 5) is 24.8. The molecule has 0 aliphatic carbocycles. The van der Waals surface area contributed by atoms with Crippen LogP contribution in [0.3, 0.4) is 0 Å². The van der Waals surface area contributed by atoms with Crippen molar-refractivity contribution in [3.63, 3.8) is 0 Å². The number of nitrogens with one attached hydrogen (secondary N) is 2. The number of carbonyl (C=O) groups is 2. The van der Waals surface area contributed by atoms with Crippen molar-refractivity contribution in [1.29, 1.82) is 0 Å². The highest BCUT2D eigenvalue weighted by Crippen LogP contribution is 2.32.